The minimum absolute atomic E-state index is 0.252. The van der Waals surface area contributed by atoms with Crippen LogP contribution in [0.25, 0.3) is 17.1 Å². The first-order chi connectivity index (χ1) is 22.5. The SMILES string of the molecule is Cc1cccc(N2/C(=N/C(=O)NCCCCc3ccc(-c4ncn(-c5ccc(OC(F)(F)F)cc5)n4)cc3)SCCC2C)c1C(C)C. The number of amides is 2. The lowest BCUT2D eigenvalue weighted by atomic mass is 9.95. The van der Waals surface area contributed by atoms with Crippen molar-refractivity contribution in [3.63, 3.8) is 0 Å². The summed E-state index contributed by atoms with van der Waals surface area (Å²) in [5, 5.41) is 8.18. The first-order valence-electron chi connectivity index (χ1n) is 15.7. The zero-order valence-corrected chi connectivity index (χ0v) is 27.7. The van der Waals surface area contributed by atoms with E-state index in [2.05, 4.69) is 75.9 Å². The number of anilines is 1. The van der Waals surface area contributed by atoms with E-state index in [4.69, 9.17) is 0 Å². The maximum Gasteiger partial charge on any atom is 0.573 e. The number of thioether (sulfide) groups is 1. The highest BCUT2D eigenvalue weighted by molar-refractivity contribution is 8.14. The summed E-state index contributed by atoms with van der Waals surface area (Å²) in [6.45, 7) is 9.27. The molecule has 0 radical (unpaired) electrons. The minimum atomic E-state index is -4.74. The molecule has 1 aliphatic rings. The molecule has 0 saturated carbocycles. The summed E-state index contributed by atoms with van der Waals surface area (Å²) in [6, 6.07) is 19.7. The molecule has 1 N–H and O–H groups in total. The van der Waals surface area contributed by atoms with Crippen LogP contribution in [0.2, 0.25) is 0 Å². The largest absolute Gasteiger partial charge is 0.573 e. The predicted molar refractivity (Wildman–Crippen MR) is 182 cm³/mol. The third-order valence-electron chi connectivity index (χ3n) is 7.96. The van der Waals surface area contributed by atoms with Crippen LogP contribution in [-0.2, 0) is 6.42 Å². The van der Waals surface area contributed by atoms with Crippen LogP contribution in [0.1, 0.15) is 62.6 Å². The normalized spacial score (nSPS) is 16.1. The second kappa shape index (κ2) is 15.1. The maximum absolute atomic E-state index is 12.8. The second-order valence-electron chi connectivity index (χ2n) is 11.9. The van der Waals surface area contributed by atoms with Crippen LogP contribution < -0.4 is 15.0 Å². The van der Waals surface area contributed by atoms with Gasteiger partial charge in [-0.05, 0) is 92.5 Å². The fraction of sp³-hybridized carbons (Fsp3) is 0.371. The van der Waals surface area contributed by atoms with E-state index in [1.165, 1.54) is 46.4 Å². The summed E-state index contributed by atoms with van der Waals surface area (Å²) < 4.78 is 42.7. The van der Waals surface area contributed by atoms with Gasteiger partial charge < -0.3 is 15.0 Å². The Morgan fingerprint density at radius 1 is 1.09 bits per heavy atom. The molecule has 1 aliphatic heterocycles. The number of carbonyl (C=O) groups is 1. The van der Waals surface area contributed by atoms with Crippen molar-refractivity contribution in [3.05, 3.63) is 89.7 Å². The summed E-state index contributed by atoms with van der Waals surface area (Å²) in [6.07, 6.45) is 0.369. The monoisotopic (exact) mass is 664 g/mol. The topological polar surface area (TPSA) is 84.6 Å². The summed E-state index contributed by atoms with van der Waals surface area (Å²) in [4.78, 5) is 23.9. The van der Waals surface area contributed by atoms with Gasteiger partial charge in [0.2, 0.25) is 0 Å². The van der Waals surface area contributed by atoms with Crippen LogP contribution in [0.15, 0.2) is 78.0 Å². The van der Waals surface area contributed by atoms with Crippen molar-refractivity contribution in [3.8, 4) is 22.8 Å². The molecule has 248 valence electrons. The van der Waals surface area contributed by atoms with Crippen LogP contribution in [0.3, 0.4) is 0 Å². The highest BCUT2D eigenvalue weighted by atomic mass is 32.2. The van der Waals surface area contributed by atoms with E-state index >= 15 is 0 Å². The van der Waals surface area contributed by atoms with Crippen LogP contribution in [0, 0.1) is 6.92 Å². The smallest absolute Gasteiger partial charge is 0.406 e. The Kier molecular flexibility index (Phi) is 10.9. The Morgan fingerprint density at radius 2 is 1.83 bits per heavy atom. The molecule has 2 heterocycles. The summed E-state index contributed by atoms with van der Waals surface area (Å²) in [7, 11) is 0. The van der Waals surface area contributed by atoms with Gasteiger partial charge in [-0.15, -0.1) is 18.3 Å². The number of nitrogens with one attached hydrogen (secondary N) is 1. The molecule has 0 spiro atoms. The van der Waals surface area contributed by atoms with Gasteiger partial charge in [0.1, 0.15) is 12.1 Å². The number of alkyl halides is 3. The van der Waals surface area contributed by atoms with E-state index in [1.54, 1.807) is 11.8 Å². The Hall–Kier alpha value is -4.32. The molecule has 1 saturated heterocycles. The van der Waals surface area contributed by atoms with Crippen molar-refractivity contribution in [2.24, 2.45) is 4.99 Å². The number of nitrogens with zero attached hydrogens (tertiary/aromatic N) is 5. The lowest BCUT2D eigenvalue weighted by Crippen LogP contribution is -2.42. The quantitative estimate of drug-likeness (QED) is 0.171. The van der Waals surface area contributed by atoms with Crippen LogP contribution in [0.5, 0.6) is 5.75 Å². The molecule has 4 aromatic rings. The van der Waals surface area contributed by atoms with E-state index in [9.17, 15) is 18.0 Å². The van der Waals surface area contributed by atoms with Crippen molar-refractivity contribution in [1.29, 1.82) is 0 Å². The number of hydrogen-bond donors (Lipinski definition) is 1. The molecule has 0 bridgehead atoms. The van der Waals surface area contributed by atoms with Gasteiger partial charge >= 0.3 is 12.4 Å². The Morgan fingerprint density at radius 3 is 2.53 bits per heavy atom. The first kappa shape index (κ1) is 34.0. The van der Waals surface area contributed by atoms with Crippen LogP contribution in [0.4, 0.5) is 23.7 Å². The summed E-state index contributed by atoms with van der Waals surface area (Å²) in [5.74, 6) is 1.49. The number of aryl methyl sites for hydroxylation is 2. The van der Waals surface area contributed by atoms with Crippen LogP contribution >= 0.6 is 11.8 Å². The number of carbonyl (C=O) groups excluding carboxylic acids is 1. The van der Waals surface area contributed by atoms with E-state index in [1.807, 2.05) is 24.3 Å². The number of urea groups is 1. The zero-order chi connectivity index (χ0) is 33.6. The van der Waals surface area contributed by atoms with Crippen molar-refractivity contribution in [2.75, 3.05) is 17.2 Å². The Balaban J connectivity index is 1.10. The molecular formula is C35H39F3N6O2S. The standard InChI is InChI=1S/C35H39F3N6O2S/c1-23(2)31-24(3)8-7-10-30(31)44-25(4)19-21-47-34(44)41-33(45)39-20-6-5-9-26-11-13-27(14-12-26)32-40-22-43(42-32)28-15-17-29(18-16-28)46-35(36,37)38/h7-8,10-18,22-23,25H,5-6,9,19-21H2,1-4H3,(H,39,45)/b41-34-. The van der Waals surface area contributed by atoms with E-state index in [-0.39, 0.29) is 17.8 Å². The van der Waals surface area contributed by atoms with E-state index in [0.29, 0.717) is 24.0 Å². The molecule has 1 unspecified atom stereocenters. The van der Waals surface area contributed by atoms with Gasteiger partial charge in [0.25, 0.3) is 0 Å². The lowest BCUT2D eigenvalue weighted by Gasteiger charge is -2.37. The zero-order valence-electron chi connectivity index (χ0n) is 26.9. The number of aromatic nitrogens is 3. The van der Waals surface area contributed by atoms with E-state index < -0.39 is 6.36 Å². The predicted octanol–water partition coefficient (Wildman–Crippen LogP) is 8.69. The third kappa shape index (κ3) is 8.94. The number of rotatable bonds is 10. The summed E-state index contributed by atoms with van der Waals surface area (Å²) in [5.41, 5.74) is 6.21. The number of amidine groups is 1. The highest BCUT2D eigenvalue weighted by Gasteiger charge is 2.31. The Bertz CT molecular complexity index is 1690. The summed E-state index contributed by atoms with van der Waals surface area (Å²) >= 11 is 1.63. The number of unbranched alkanes of at least 4 members (excludes halogenated alkanes) is 1. The molecule has 47 heavy (non-hydrogen) atoms. The van der Waals surface area contributed by atoms with Gasteiger partial charge in [-0.25, -0.2) is 14.5 Å². The molecule has 0 aliphatic carbocycles. The minimum Gasteiger partial charge on any atom is -0.406 e. The number of aliphatic imine (C=N–C) groups is 1. The lowest BCUT2D eigenvalue weighted by molar-refractivity contribution is -0.274. The molecule has 1 aromatic heterocycles. The molecule has 1 atom stereocenters. The highest BCUT2D eigenvalue weighted by Crippen LogP contribution is 2.36. The maximum atomic E-state index is 12.8. The van der Waals surface area contributed by atoms with Gasteiger partial charge in [-0.3, -0.25) is 0 Å². The molecule has 5 rings (SSSR count). The molecule has 3 aromatic carbocycles. The molecular weight excluding hydrogens is 625 g/mol. The van der Waals surface area contributed by atoms with Crippen molar-refractivity contribution >= 4 is 28.6 Å². The van der Waals surface area contributed by atoms with Crippen molar-refractivity contribution in [1.82, 2.24) is 20.1 Å². The fourth-order valence-corrected chi connectivity index (χ4v) is 6.88. The average Bonchev–Trinajstić information content (AvgIpc) is 3.51. The molecule has 8 nitrogen and oxygen atoms in total. The molecule has 1 fully saturated rings. The molecule has 12 heteroatoms. The molecule has 2 amide bonds. The van der Waals surface area contributed by atoms with Gasteiger partial charge in [0.15, 0.2) is 11.0 Å². The van der Waals surface area contributed by atoms with Crippen molar-refractivity contribution < 1.29 is 22.7 Å². The number of ether oxygens (including phenoxy) is 1. The Labute approximate surface area is 277 Å². The number of halogens is 3. The third-order valence-corrected chi connectivity index (χ3v) is 8.94. The van der Waals surface area contributed by atoms with Crippen LogP contribution in [-0.4, -0.2) is 50.7 Å². The van der Waals surface area contributed by atoms with Gasteiger partial charge in [-0.2, -0.15) is 4.99 Å². The second-order valence-corrected chi connectivity index (χ2v) is 12.9. The number of hydrogen-bond acceptors (Lipinski definition) is 5. The average molecular weight is 665 g/mol. The fourth-order valence-electron chi connectivity index (χ4n) is 5.68. The van der Waals surface area contributed by atoms with Crippen molar-refractivity contribution in [2.45, 2.75) is 71.7 Å². The van der Waals surface area contributed by atoms with E-state index in [0.717, 1.165) is 53.4 Å². The van der Waals surface area contributed by atoms with Gasteiger partial charge in [0.05, 0.1) is 5.69 Å². The first-order valence-corrected chi connectivity index (χ1v) is 16.7. The van der Waals surface area contributed by atoms with Gasteiger partial charge in [0, 0.05) is 29.6 Å². The van der Waals surface area contributed by atoms with Gasteiger partial charge in [-0.1, -0.05) is 62.0 Å². The number of benzene rings is 3.